The first-order valence-corrected chi connectivity index (χ1v) is 9.36. The molecule has 0 spiro atoms. The molecule has 0 aliphatic heterocycles. The number of anilines is 1. The number of hydrogen-bond acceptors (Lipinski definition) is 4. The number of nitrogens with zero attached hydrogens (tertiary/aromatic N) is 4. The van der Waals surface area contributed by atoms with Crippen LogP contribution in [0.4, 0.5) is 5.82 Å². The molecule has 2 aromatic heterocycles. The van der Waals surface area contributed by atoms with Crippen LogP contribution in [0.3, 0.4) is 0 Å². The smallest absolute Gasteiger partial charge is 0.253 e. The molecular weight excluding hydrogens is 342 g/mol. The van der Waals surface area contributed by atoms with E-state index < -0.39 is 0 Å². The average Bonchev–Trinajstić information content (AvgIpc) is 2.95. The summed E-state index contributed by atoms with van der Waals surface area (Å²) < 4.78 is 1.92. The second kappa shape index (κ2) is 7.98. The molecule has 0 saturated carbocycles. The largest absolute Gasteiger partial charge is 0.347 e. The monoisotopic (exact) mass is 373 g/mol. The second-order valence-electron chi connectivity index (χ2n) is 7.89. The van der Waals surface area contributed by atoms with E-state index in [1.165, 1.54) is 0 Å². The summed E-state index contributed by atoms with van der Waals surface area (Å²) in [5.74, 6) is 0.764. The molecule has 2 aromatic rings. The third-order valence-corrected chi connectivity index (χ3v) is 4.25. The predicted octanol–water partition coefficient (Wildman–Crippen LogP) is 2.34. The van der Waals surface area contributed by atoms with Gasteiger partial charge in [0.2, 0.25) is 5.91 Å². The molecule has 0 aliphatic carbocycles. The van der Waals surface area contributed by atoms with E-state index in [1.807, 2.05) is 50.0 Å². The molecule has 2 heterocycles. The summed E-state index contributed by atoms with van der Waals surface area (Å²) in [5.41, 5.74) is 1.93. The van der Waals surface area contributed by atoms with Gasteiger partial charge in [0, 0.05) is 32.4 Å². The molecule has 0 fully saturated rings. The zero-order chi connectivity index (χ0) is 20.4. The summed E-state index contributed by atoms with van der Waals surface area (Å²) >= 11 is 0. The maximum Gasteiger partial charge on any atom is 0.253 e. The normalized spacial score (nSPS) is 11.5. The number of likely N-dealkylation sites (N-methyl/N-ethyl adjacent to an activating group) is 2. The molecule has 7 heteroatoms. The number of nitrogens with one attached hydrogen (secondary N) is 1. The molecule has 2 rings (SSSR count). The Bertz CT molecular complexity index is 833. The summed E-state index contributed by atoms with van der Waals surface area (Å²) in [4.78, 5) is 33.1. The van der Waals surface area contributed by atoms with Crippen molar-refractivity contribution >= 4 is 23.3 Å². The molecule has 27 heavy (non-hydrogen) atoms. The van der Waals surface area contributed by atoms with Gasteiger partial charge >= 0.3 is 0 Å². The van der Waals surface area contributed by atoms with Crippen LogP contribution >= 0.6 is 0 Å². The molecule has 0 saturated heterocycles. The Morgan fingerprint density at radius 1 is 1.19 bits per heavy atom. The average molecular weight is 374 g/mol. The van der Waals surface area contributed by atoms with Crippen LogP contribution in [0.15, 0.2) is 18.3 Å². The van der Waals surface area contributed by atoms with E-state index in [2.05, 4.69) is 5.32 Å². The van der Waals surface area contributed by atoms with Gasteiger partial charge in [-0.2, -0.15) is 0 Å². The minimum atomic E-state index is -0.314. The number of carbonyl (C=O) groups excluding carboxylic acids is 2. The van der Waals surface area contributed by atoms with Gasteiger partial charge in [-0.1, -0.05) is 6.92 Å². The van der Waals surface area contributed by atoms with Gasteiger partial charge in [-0.15, -0.1) is 0 Å². The first-order valence-electron chi connectivity index (χ1n) is 9.36. The number of aryl methyl sites for hydroxylation is 1. The van der Waals surface area contributed by atoms with Crippen LogP contribution in [-0.4, -0.2) is 58.8 Å². The van der Waals surface area contributed by atoms with E-state index in [0.717, 1.165) is 23.6 Å². The molecule has 148 valence electrons. The fourth-order valence-corrected chi connectivity index (χ4v) is 2.84. The van der Waals surface area contributed by atoms with Crippen molar-refractivity contribution < 1.29 is 9.59 Å². The maximum atomic E-state index is 12.6. The van der Waals surface area contributed by atoms with E-state index in [0.29, 0.717) is 12.1 Å². The zero-order valence-corrected chi connectivity index (χ0v) is 17.5. The van der Waals surface area contributed by atoms with Crippen LogP contribution in [0.2, 0.25) is 0 Å². The van der Waals surface area contributed by atoms with Gasteiger partial charge in [-0.25, -0.2) is 4.98 Å². The predicted molar refractivity (Wildman–Crippen MR) is 108 cm³/mol. The summed E-state index contributed by atoms with van der Waals surface area (Å²) in [6, 6.07) is 3.63. The lowest BCUT2D eigenvalue weighted by molar-refractivity contribution is -0.127. The highest BCUT2D eigenvalue weighted by molar-refractivity contribution is 5.94. The van der Waals surface area contributed by atoms with Gasteiger partial charge in [-0.05, 0) is 46.2 Å². The summed E-state index contributed by atoms with van der Waals surface area (Å²) in [6.07, 6.45) is 2.55. The van der Waals surface area contributed by atoms with Crippen molar-refractivity contribution in [2.24, 2.45) is 0 Å². The Morgan fingerprint density at radius 2 is 1.85 bits per heavy atom. The quantitative estimate of drug-likeness (QED) is 0.844. The SMILES string of the molecule is CCc1nc2ccc(C(=O)NC(C)(C)C)cn2c1N(CC)CC(=O)N(C)C. The van der Waals surface area contributed by atoms with Gasteiger partial charge < -0.3 is 15.1 Å². The lowest BCUT2D eigenvalue weighted by Gasteiger charge is -2.25. The van der Waals surface area contributed by atoms with Crippen molar-refractivity contribution in [1.82, 2.24) is 19.6 Å². The Kier molecular flexibility index (Phi) is 6.13. The molecular formula is C20H31N5O2. The molecule has 7 nitrogen and oxygen atoms in total. The fraction of sp³-hybridized carbons (Fsp3) is 0.550. The number of rotatable bonds is 6. The van der Waals surface area contributed by atoms with Crippen LogP contribution in [0.1, 0.15) is 50.7 Å². The molecule has 0 atom stereocenters. The third-order valence-electron chi connectivity index (χ3n) is 4.25. The van der Waals surface area contributed by atoms with Gasteiger partial charge in [0.05, 0.1) is 17.8 Å². The van der Waals surface area contributed by atoms with Crippen LogP contribution in [0, 0.1) is 0 Å². The summed E-state index contributed by atoms with van der Waals surface area (Å²) in [5, 5.41) is 2.98. The number of amides is 2. The number of imidazole rings is 1. The highest BCUT2D eigenvalue weighted by atomic mass is 16.2. The Balaban J connectivity index is 2.51. The number of aromatic nitrogens is 2. The van der Waals surface area contributed by atoms with Crippen molar-refractivity contribution in [3.8, 4) is 0 Å². The second-order valence-corrected chi connectivity index (χ2v) is 7.89. The number of hydrogen-bond donors (Lipinski definition) is 1. The van der Waals surface area contributed by atoms with Crippen molar-refractivity contribution in [1.29, 1.82) is 0 Å². The van der Waals surface area contributed by atoms with E-state index >= 15 is 0 Å². The lowest BCUT2D eigenvalue weighted by Crippen LogP contribution is -2.40. The highest BCUT2D eigenvalue weighted by Crippen LogP contribution is 2.24. The molecule has 0 aromatic carbocycles. The first-order chi connectivity index (χ1) is 12.6. The summed E-state index contributed by atoms with van der Waals surface area (Å²) in [7, 11) is 3.50. The van der Waals surface area contributed by atoms with Crippen molar-refractivity contribution in [2.45, 2.75) is 46.6 Å². The molecule has 0 bridgehead atoms. The molecule has 1 N–H and O–H groups in total. The highest BCUT2D eigenvalue weighted by Gasteiger charge is 2.21. The standard InChI is InChI=1S/C20H31N5O2/c1-8-15-19(24(9-2)13-17(26)23(6)7)25-12-14(10-11-16(25)21-15)18(27)22-20(3,4)5/h10-12H,8-9,13H2,1-7H3,(H,22,27). The lowest BCUT2D eigenvalue weighted by atomic mass is 10.1. The van der Waals surface area contributed by atoms with Crippen LogP contribution in [0.25, 0.3) is 5.65 Å². The Morgan fingerprint density at radius 3 is 2.37 bits per heavy atom. The van der Waals surface area contributed by atoms with Gasteiger partial charge in [-0.3, -0.25) is 14.0 Å². The molecule has 2 amide bonds. The van der Waals surface area contributed by atoms with Crippen molar-refractivity contribution in [2.75, 3.05) is 32.1 Å². The topological polar surface area (TPSA) is 70.0 Å². The Labute approximate surface area is 161 Å². The van der Waals surface area contributed by atoms with Crippen LogP contribution in [-0.2, 0) is 11.2 Å². The van der Waals surface area contributed by atoms with Crippen molar-refractivity contribution in [3.63, 3.8) is 0 Å². The van der Waals surface area contributed by atoms with Crippen LogP contribution in [0.5, 0.6) is 0 Å². The fourth-order valence-electron chi connectivity index (χ4n) is 2.84. The number of pyridine rings is 1. The first kappa shape index (κ1) is 20.7. The number of fused-ring (bicyclic) bond motifs is 1. The minimum absolute atomic E-state index is 0.0236. The van der Waals surface area contributed by atoms with Crippen molar-refractivity contribution in [3.05, 3.63) is 29.6 Å². The Hall–Kier alpha value is -2.57. The van der Waals surface area contributed by atoms with E-state index in [1.54, 1.807) is 31.3 Å². The van der Waals surface area contributed by atoms with E-state index in [-0.39, 0.29) is 23.9 Å². The third kappa shape index (κ3) is 4.78. The van der Waals surface area contributed by atoms with Gasteiger partial charge in [0.25, 0.3) is 5.91 Å². The minimum Gasteiger partial charge on any atom is -0.347 e. The van der Waals surface area contributed by atoms with Gasteiger partial charge in [0.15, 0.2) is 0 Å². The van der Waals surface area contributed by atoms with E-state index in [4.69, 9.17) is 4.98 Å². The molecule has 0 unspecified atom stereocenters. The molecule has 0 radical (unpaired) electrons. The maximum absolute atomic E-state index is 12.6. The summed E-state index contributed by atoms with van der Waals surface area (Å²) in [6.45, 7) is 10.8. The van der Waals surface area contributed by atoms with Gasteiger partial charge in [0.1, 0.15) is 11.5 Å². The zero-order valence-electron chi connectivity index (χ0n) is 17.5. The molecule has 0 aliphatic rings. The number of carbonyl (C=O) groups is 2. The van der Waals surface area contributed by atoms with Crippen LogP contribution < -0.4 is 10.2 Å². The van der Waals surface area contributed by atoms with E-state index in [9.17, 15) is 9.59 Å².